The Morgan fingerprint density at radius 1 is 1.29 bits per heavy atom. The van der Waals surface area contributed by atoms with E-state index in [1.807, 2.05) is 0 Å². The summed E-state index contributed by atoms with van der Waals surface area (Å²) in [6.45, 7) is -1.14. The molecule has 1 aliphatic rings. The second kappa shape index (κ2) is 12.2. The van der Waals surface area contributed by atoms with Crippen molar-refractivity contribution in [3.05, 3.63) is 48.5 Å². The van der Waals surface area contributed by atoms with Gasteiger partial charge in [-0.2, -0.15) is 5.26 Å². The first-order valence-electron chi connectivity index (χ1n) is 10.9. The summed E-state index contributed by atoms with van der Waals surface area (Å²) in [7, 11) is -8.30. The van der Waals surface area contributed by atoms with E-state index in [0.29, 0.717) is 5.56 Å². The van der Waals surface area contributed by atoms with Crippen molar-refractivity contribution in [2.24, 2.45) is 0 Å². The number of benzene rings is 1. The summed E-state index contributed by atoms with van der Waals surface area (Å²) in [6, 6.07) is 10.0. The van der Waals surface area contributed by atoms with Crippen molar-refractivity contribution in [2.75, 3.05) is 18.5 Å². The number of anilines is 1. The monoisotopic (exact) mass is 570 g/mol. The molecule has 0 radical (unpaired) electrons. The second-order valence-corrected chi connectivity index (χ2v) is 9.95. The van der Waals surface area contributed by atoms with Crippen molar-refractivity contribution in [3.63, 3.8) is 0 Å². The highest BCUT2D eigenvalue weighted by molar-refractivity contribution is 7.47. The SMILES string of the molecule is N#CCCOP(=O)(O)OC[C@H]1O[C@@H](n2cnc3c(NC(=O)c4ccccc4)ncnc32)[C@H](F)[C@@H]1O[PH](=O)O. The third kappa shape index (κ3) is 6.47. The summed E-state index contributed by atoms with van der Waals surface area (Å²) in [5.74, 6) is -0.426. The Hall–Kier alpha value is -3.12. The number of phosphoric ester groups is 1. The average molecular weight is 570 g/mol. The number of halogens is 1. The summed E-state index contributed by atoms with van der Waals surface area (Å²) in [5.41, 5.74) is 0.522. The van der Waals surface area contributed by atoms with Crippen molar-refractivity contribution >= 4 is 39.0 Å². The predicted molar refractivity (Wildman–Crippen MR) is 127 cm³/mol. The van der Waals surface area contributed by atoms with Crippen LogP contribution in [0.15, 0.2) is 43.0 Å². The molecular formula is C20H21FN6O9P2. The van der Waals surface area contributed by atoms with Crippen LogP contribution < -0.4 is 5.32 Å². The Bertz CT molecular complexity index is 1400. The first-order chi connectivity index (χ1) is 18.2. The van der Waals surface area contributed by atoms with Gasteiger partial charge in [0.1, 0.15) is 18.5 Å². The van der Waals surface area contributed by atoms with Crippen LogP contribution in [0.5, 0.6) is 0 Å². The molecule has 1 amide bonds. The Morgan fingerprint density at radius 3 is 2.76 bits per heavy atom. The molecule has 2 unspecified atom stereocenters. The number of nitrogens with one attached hydrogen (secondary N) is 1. The van der Waals surface area contributed by atoms with Crippen molar-refractivity contribution in [1.82, 2.24) is 19.5 Å². The average Bonchev–Trinajstić information content (AvgIpc) is 3.45. The standard InChI is InChI=1S/C20H21FN6O9P2/c21-14-16(36-37(29)30)13(9-34-38(31,32)33-8-4-7-22)35-20(14)27-11-25-15-17(23-10-24-18(15)27)26-19(28)12-5-2-1-3-6-12/h1-3,5-6,10-11,13-14,16,20,37H,4,8-9H2,(H,29,30)(H,31,32)(H,23,24,26,28)/t13-,14-,16-,20-/m1/s1. The fraction of sp³-hybridized carbons (Fsp3) is 0.350. The number of phosphoric acid groups is 1. The Balaban J connectivity index is 1.55. The van der Waals surface area contributed by atoms with E-state index >= 15 is 4.39 Å². The molecule has 4 rings (SSSR count). The van der Waals surface area contributed by atoms with E-state index < -0.39 is 59.8 Å². The maximum absolute atomic E-state index is 15.5. The van der Waals surface area contributed by atoms with Crippen LogP contribution >= 0.6 is 16.1 Å². The number of carbonyl (C=O) groups is 1. The number of hydrogen-bond donors (Lipinski definition) is 3. The van der Waals surface area contributed by atoms with Crippen molar-refractivity contribution in [1.29, 1.82) is 5.26 Å². The molecule has 1 fully saturated rings. The Labute approximate surface area is 214 Å². The van der Waals surface area contributed by atoms with Crippen LogP contribution in [0.4, 0.5) is 10.2 Å². The zero-order valence-corrected chi connectivity index (χ0v) is 21.2. The fourth-order valence-corrected chi connectivity index (χ4v) is 4.87. The molecule has 3 heterocycles. The van der Waals surface area contributed by atoms with Gasteiger partial charge in [0.2, 0.25) is 0 Å². The van der Waals surface area contributed by atoms with Gasteiger partial charge < -0.3 is 24.4 Å². The topological polar surface area (TPSA) is 208 Å². The molecule has 1 aliphatic heterocycles. The molecule has 2 aromatic heterocycles. The van der Waals surface area contributed by atoms with Crippen molar-refractivity contribution < 1.29 is 46.4 Å². The molecule has 3 aromatic rings. The van der Waals surface area contributed by atoms with E-state index in [9.17, 15) is 23.7 Å². The first-order valence-corrected chi connectivity index (χ1v) is 13.7. The number of carbonyl (C=O) groups excluding carboxylic acids is 1. The number of ether oxygens (including phenoxy) is 1. The molecule has 15 nitrogen and oxygen atoms in total. The number of alkyl halides is 1. The highest BCUT2D eigenvalue weighted by atomic mass is 31.2. The van der Waals surface area contributed by atoms with Crippen LogP contribution in [-0.2, 0) is 27.4 Å². The normalized spacial score (nSPS) is 23.5. The summed E-state index contributed by atoms with van der Waals surface area (Å²) >= 11 is 0. The van der Waals surface area contributed by atoms with Crippen LogP contribution in [0.25, 0.3) is 11.2 Å². The minimum atomic E-state index is -4.64. The zero-order valence-electron chi connectivity index (χ0n) is 19.3. The second-order valence-electron chi connectivity index (χ2n) is 7.73. The molecular weight excluding hydrogens is 549 g/mol. The van der Waals surface area contributed by atoms with Crippen LogP contribution in [0.3, 0.4) is 0 Å². The number of imidazole rings is 1. The smallest absolute Gasteiger partial charge is 0.346 e. The minimum Gasteiger partial charge on any atom is -0.346 e. The van der Waals surface area contributed by atoms with Gasteiger partial charge in [-0.15, -0.1) is 0 Å². The van der Waals surface area contributed by atoms with E-state index in [1.54, 1.807) is 36.4 Å². The number of nitrogens with zero attached hydrogens (tertiary/aromatic N) is 5. The Morgan fingerprint density at radius 2 is 2.05 bits per heavy atom. The molecule has 0 bridgehead atoms. The maximum atomic E-state index is 15.5. The predicted octanol–water partition coefficient (Wildman–Crippen LogP) is 2.13. The van der Waals surface area contributed by atoms with Crippen LogP contribution in [-0.4, -0.2) is 66.8 Å². The van der Waals surface area contributed by atoms with Crippen LogP contribution in [0.2, 0.25) is 0 Å². The van der Waals surface area contributed by atoms with Gasteiger partial charge in [0.25, 0.3) is 5.91 Å². The molecule has 0 saturated carbocycles. The van der Waals surface area contributed by atoms with Gasteiger partial charge >= 0.3 is 16.1 Å². The number of hydrogen-bond acceptors (Lipinski definition) is 11. The van der Waals surface area contributed by atoms with Crippen LogP contribution in [0.1, 0.15) is 23.0 Å². The van der Waals surface area contributed by atoms with Gasteiger partial charge in [0.05, 0.1) is 32.0 Å². The molecule has 38 heavy (non-hydrogen) atoms. The van der Waals surface area contributed by atoms with E-state index in [0.717, 1.165) is 10.9 Å². The zero-order chi connectivity index (χ0) is 27.3. The molecule has 3 N–H and O–H groups in total. The van der Waals surface area contributed by atoms with Gasteiger partial charge in [-0.1, -0.05) is 18.2 Å². The summed E-state index contributed by atoms with van der Waals surface area (Å²) in [5, 5.41) is 11.1. The first kappa shape index (κ1) is 27.9. The van der Waals surface area contributed by atoms with E-state index in [4.69, 9.17) is 19.0 Å². The lowest BCUT2D eigenvalue weighted by molar-refractivity contribution is -0.0441. The molecule has 1 aromatic carbocycles. The largest absolute Gasteiger partial charge is 0.472 e. The molecule has 0 spiro atoms. The highest BCUT2D eigenvalue weighted by Gasteiger charge is 2.49. The molecule has 0 aliphatic carbocycles. The van der Waals surface area contributed by atoms with E-state index in [1.165, 1.54) is 6.33 Å². The number of nitriles is 1. The summed E-state index contributed by atoms with van der Waals surface area (Å²) in [4.78, 5) is 43.8. The number of rotatable bonds is 11. The van der Waals surface area contributed by atoms with Crippen molar-refractivity contribution in [2.45, 2.75) is 31.0 Å². The highest BCUT2D eigenvalue weighted by Crippen LogP contribution is 2.46. The van der Waals surface area contributed by atoms with Gasteiger partial charge in [0, 0.05) is 5.56 Å². The number of fused-ring (bicyclic) bond motifs is 1. The summed E-state index contributed by atoms with van der Waals surface area (Å²) in [6.07, 6.45) is -4.57. The number of aromatic nitrogens is 4. The lowest BCUT2D eigenvalue weighted by Gasteiger charge is -2.19. The molecule has 18 heteroatoms. The minimum absolute atomic E-state index is 0.0415. The van der Waals surface area contributed by atoms with E-state index in [-0.39, 0.29) is 23.4 Å². The number of amides is 1. The van der Waals surface area contributed by atoms with Crippen molar-refractivity contribution in [3.8, 4) is 6.07 Å². The third-order valence-corrected chi connectivity index (χ3v) is 6.73. The van der Waals surface area contributed by atoms with E-state index in [2.05, 4.69) is 24.8 Å². The Kier molecular flexibility index (Phi) is 8.93. The lowest BCUT2D eigenvalue weighted by Crippen LogP contribution is -2.32. The quantitative estimate of drug-likeness (QED) is 0.223. The lowest BCUT2D eigenvalue weighted by atomic mass is 10.1. The van der Waals surface area contributed by atoms with Gasteiger partial charge in [-0.3, -0.25) is 23.0 Å². The molecule has 6 atom stereocenters. The molecule has 1 saturated heterocycles. The fourth-order valence-electron chi connectivity index (χ4n) is 3.62. The molecule has 202 valence electrons. The summed E-state index contributed by atoms with van der Waals surface area (Å²) < 4.78 is 59.8. The van der Waals surface area contributed by atoms with Gasteiger partial charge in [0.15, 0.2) is 29.4 Å². The van der Waals surface area contributed by atoms with Gasteiger partial charge in [-0.05, 0) is 12.1 Å². The maximum Gasteiger partial charge on any atom is 0.472 e. The van der Waals surface area contributed by atoms with Crippen LogP contribution in [0, 0.1) is 11.3 Å². The third-order valence-electron chi connectivity index (χ3n) is 5.27. The van der Waals surface area contributed by atoms with Gasteiger partial charge in [-0.25, -0.2) is 23.9 Å².